The fourth-order valence-corrected chi connectivity index (χ4v) is 4.93. The molecule has 0 saturated heterocycles. The van der Waals surface area contributed by atoms with Crippen molar-refractivity contribution >= 4 is 16.9 Å². The zero-order valence-corrected chi connectivity index (χ0v) is 19.0. The molecule has 2 heterocycles. The number of carbonyl (C=O) groups is 1. The molecule has 1 aromatic heterocycles. The molecule has 0 amide bonds. The quantitative estimate of drug-likeness (QED) is 0.416. The van der Waals surface area contributed by atoms with Crippen molar-refractivity contribution in [2.75, 3.05) is 13.7 Å². The van der Waals surface area contributed by atoms with Gasteiger partial charge in [0.05, 0.1) is 19.8 Å². The molecule has 1 N–H and O–H groups in total. The number of aromatic amines is 1. The molecule has 0 aliphatic carbocycles. The van der Waals surface area contributed by atoms with E-state index in [-0.39, 0.29) is 18.1 Å². The Morgan fingerprint density at radius 1 is 1.00 bits per heavy atom. The molecule has 1 aliphatic rings. The highest BCUT2D eigenvalue weighted by Crippen LogP contribution is 2.42. The lowest BCUT2D eigenvalue weighted by molar-refractivity contribution is -0.151. The molecular formula is C28H28N2O3. The van der Waals surface area contributed by atoms with Gasteiger partial charge in [-0.3, -0.25) is 9.69 Å². The van der Waals surface area contributed by atoms with Gasteiger partial charge >= 0.3 is 5.97 Å². The molecular weight excluding hydrogens is 412 g/mol. The van der Waals surface area contributed by atoms with Crippen molar-refractivity contribution in [3.8, 4) is 5.75 Å². The summed E-state index contributed by atoms with van der Waals surface area (Å²) in [5, 5.41) is 1.17. The number of H-pyrrole nitrogens is 1. The number of hydrogen-bond acceptors (Lipinski definition) is 4. The maximum absolute atomic E-state index is 13.2. The molecule has 1 aliphatic heterocycles. The molecule has 0 unspecified atom stereocenters. The molecule has 5 heteroatoms. The predicted molar refractivity (Wildman–Crippen MR) is 129 cm³/mol. The Bertz CT molecular complexity index is 1250. The normalized spacial score (nSPS) is 18.1. The number of carbonyl (C=O) groups excluding carboxylic acids is 1. The molecule has 168 valence electrons. The molecule has 4 aromatic rings. The van der Waals surface area contributed by atoms with Gasteiger partial charge in [0.15, 0.2) is 0 Å². The number of nitrogens with one attached hydrogen (secondary N) is 1. The summed E-state index contributed by atoms with van der Waals surface area (Å²) in [5.74, 6) is 0.630. The second kappa shape index (κ2) is 9.12. The number of esters is 1. The summed E-state index contributed by atoms with van der Waals surface area (Å²) < 4.78 is 11.0. The Labute approximate surface area is 193 Å². The summed E-state index contributed by atoms with van der Waals surface area (Å²) in [5.41, 5.74) is 5.68. The molecule has 3 aromatic carbocycles. The van der Waals surface area contributed by atoms with E-state index in [1.54, 1.807) is 7.11 Å². The van der Waals surface area contributed by atoms with Gasteiger partial charge in [0.25, 0.3) is 0 Å². The van der Waals surface area contributed by atoms with Crippen LogP contribution < -0.4 is 4.74 Å². The molecule has 33 heavy (non-hydrogen) atoms. The topological polar surface area (TPSA) is 54.6 Å². The van der Waals surface area contributed by atoms with Gasteiger partial charge in [0.1, 0.15) is 11.8 Å². The number of para-hydroxylation sites is 1. The average Bonchev–Trinajstić information content (AvgIpc) is 3.22. The average molecular weight is 441 g/mol. The minimum atomic E-state index is -0.385. The van der Waals surface area contributed by atoms with Crippen LogP contribution in [0.3, 0.4) is 0 Å². The number of fused-ring (bicyclic) bond motifs is 3. The van der Waals surface area contributed by atoms with Crippen LogP contribution in [-0.2, 0) is 22.5 Å². The highest BCUT2D eigenvalue weighted by atomic mass is 16.5. The van der Waals surface area contributed by atoms with Gasteiger partial charge in [0, 0.05) is 29.6 Å². The smallest absolute Gasteiger partial charge is 0.323 e. The van der Waals surface area contributed by atoms with Crippen LogP contribution in [0.15, 0.2) is 78.9 Å². The van der Waals surface area contributed by atoms with E-state index in [4.69, 9.17) is 9.47 Å². The van der Waals surface area contributed by atoms with Crippen molar-refractivity contribution in [1.29, 1.82) is 0 Å². The van der Waals surface area contributed by atoms with E-state index in [0.717, 1.165) is 28.1 Å². The van der Waals surface area contributed by atoms with Crippen LogP contribution in [-0.4, -0.2) is 35.6 Å². The molecule has 0 saturated carbocycles. The first-order valence-electron chi connectivity index (χ1n) is 11.4. The van der Waals surface area contributed by atoms with Gasteiger partial charge < -0.3 is 14.5 Å². The summed E-state index contributed by atoms with van der Waals surface area (Å²) in [7, 11) is 1.67. The van der Waals surface area contributed by atoms with E-state index in [1.165, 1.54) is 10.9 Å². The molecule has 2 atom stereocenters. The Balaban J connectivity index is 1.69. The Hall–Kier alpha value is -3.57. The molecule has 5 nitrogen and oxygen atoms in total. The highest BCUT2D eigenvalue weighted by Gasteiger charge is 2.41. The lowest BCUT2D eigenvalue weighted by atomic mass is 9.87. The highest BCUT2D eigenvalue weighted by molar-refractivity contribution is 5.87. The van der Waals surface area contributed by atoms with Crippen LogP contribution in [0.4, 0.5) is 0 Å². The summed E-state index contributed by atoms with van der Waals surface area (Å²) in [6, 6.07) is 26.2. The fraction of sp³-hybridized carbons (Fsp3) is 0.250. The Morgan fingerprint density at radius 2 is 1.73 bits per heavy atom. The Kier molecular flexibility index (Phi) is 5.88. The SMILES string of the molecule is CCOC(=O)[C@@H]1Cc2c([nH]c3ccccc23)[C@@H](c2ccc(OC)cc2)N1Cc1ccccc1. The predicted octanol–water partition coefficient (Wildman–Crippen LogP) is 5.26. The van der Waals surface area contributed by atoms with E-state index in [2.05, 4.69) is 52.3 Å². The van der Waals surface area contributed by atoms with Crippen LogP contribution in [0.5, 0.6) is 5.75 Å². The second-order valence-electron chi connectivity index (χ2n) is 8.37. The minimum Gasteiger partial charge on any atom is -0.497 e. The first-order chi connectivity index (χ1) is 16.2. The van der Waals surface area contributed by atoms with Gasteiger partial charge in [-0.15, -0.1) is 0 Å². The Morgan fingerprint density at radius 3 is 2.45 bits per heavy atom. The monoisotopic (exact) mass is 440 g/mol. The summed E-state index contributed by atoms with van der Waals surface area (Å²) in [6.07, 6.45) is 0.609. The second-order valence-corrected chi connectivity index (χ2v) is 8.37. The number of nitrogens with zero attached hydrogens (tertiary/aromatic N) is 1. The third-order valence-corrected chi connectivity index (χ3v) is 6.45. The van der Waals surface area contributed by atoms with Gasteiger partial charge in [0.2, 0.25) is 0 Å². The van der Waals surface area contributed by atoms with E-state index in [1.807, 2.05) is 43.3 Å². The van der Waals surface area contributed by atoms with E-state index < -0.39 is 0 Å². The van der Waals surface area contributed by atoms with Crippen molar-refractivity contribution < 1.29 is 14.3 Å². The largest absolute Gasteiger partial charge is 0.497 e. The summed E-state index contributed by atoms with van der Waals surface area (Å²) >= 11 is 0. The lowest BCUT2D eigenvalue weighted by Crippen LogP contribution is -2.48. The maximum atomic E-state index is 13.2. The first-order valence-corrected chi connectivity index (χ1v) is 11.4. The fourth-order valence-electron chi connectivity index (χ4n) is 4.93. The van der Waals surface area contributed by atoms with Crippen molar-refractivity contribution in [3.05, 3.63) is 101 Å². The number of ether oxygens (including phenoxy) is 2. The zero-order valence-electron chi connectivity index (χ0n) is 19.0. The number of rotatable bonds is 6. The molecule has 0 spiro atoms. The van der Waals surface area contributed by atoms with Crippen LogP contribution in [0.25, 0.3) is 10.9 Å². The van der Waals surface area contributed by atoms with Gasteiger partial charge in [-0.1, -0.05) is 60.7 Å². The first kappa shape index (κ1) is 21.3. The van der Waals surface area contributed by atoms with E-state index >= 15 is 0 Å². The van der Waals surface area contributed by atoms with Crippen LogP contribution in [0, 0.1) is 0 Å². The van der Waals surface area contributed by atoms with Crippen molar-refractivity contribution in [2.45, 2.75) is 32.0 Å². The van der Waals surface area contributed by atoms with Crippen LogP contribution in [0.2, 0.25) is 0 Å². The van der Waals surface area contributed by atoms with Crippen molar-refractivity contribution in [3.63, 3.8) is 0 Å². The van der Waals surface area contributed by atoms with E-state index in [0.29, 0.717) is 19.6 Å². The number of benzene rings is 3. The van der Waals surface area contributed by atoms with Crippen molar-refractivity contribution in [1.82, 2.24) is 9.88 Å². The maximum Gasteiger partial charge on any atom is 0.323 e. The molecule has 0 bridgehead atoms. The lowest BCUT2D eigenvalue weighted by Gasteiger charge is -2.41. The van der Waals surface area contributed by atoms with Crippen molar-refractivity contribution in [2.24, 2.45) is 0 Å². The molecule has 0 radical (unpaired) electrons. The minimum absolute atomic E-state index is 0.123. The number of hydrogen-bond donors (Lipinski definition) is 1. The van der Waals surface area contributed by atoms with E-state index in [9.17, 15) is 4.79 Å². The van der Waals surface area contributed by atoms with Gasteiger partial charge in [-0.25, -0.2) is 0 Å². The summed E-state index contributed by atoms with van der Waals surface area (Å²) in [4.78, 5) is 19.2. The third kappa shape index (κ3) is 4.00. The number of aromatic nitrogens is 1. The number of methoxy groups -OCH3 is 1. The molecule has 5 rings (SSSR count). The summed E-state index contributed by atoms with van der Waals surface area (Å²) in [6.45, 7) is 2.86. The van der Waals surface area contributed by atoms with Gasteiger partial charge in [-0.05, 0) is 41.8 Å². The third-order valence-electron chi connectivity index (χ3n) is 6.45. The zero-order chi connectivity index (χ0) is 22.8. The molecule has 0 fully saturated rings. The van der Waals surface area contributed by atoms with Crippen LogP contribution in [0.1, 0.15) is 35.3 Å². The standard InChI is InChI=1S/C28H28N2O3/c1-3-33-28(31)25-17-23-22-11-7-8-12-24(22)29-26(23)27(20-13-15-21(32-2)16-14-20)30(25)18-19-9-5-4-6-10-19/h4-16,25,27,29H,3,17-18H2,1-2H3/t25-,27+/m0/s1. The van der Waals surface area contributed by atoms with Crippen LogP contribution >= 0.6 is 0 Å². The van der Waals surface area contributed by atoms with Gasteiger partial charge in [-0.2, -0.15) is 0 Å².